The van der Waals surface area contributed by atoms with Gasteiger partial charge in [-0.1, -0.05) is 5.21 Å². The lowest BCUT2D eigenvalue weighted by molar-refractivity contribution is 0.102. The normalized spacial score (nSPS) is 10.4. The summed E-state index contributed by atoms with van der Waals surface area (Å²) in [6, 6.07) is 12.5. The van der Waals surface area contributed by atoms with Crippen molar-refractivity contribution in [1.29, 1.82) is 0 Å². The van der Waals surface area contributed by atoms with Crippen LogP contribution >= 0.6 is 0 Å². The van der Waals surface area contributed by atoms with E-state index in [1.807, 2.05) is 24.3 Å². The lowest BCUT2D eigenvalue weighted by Gasteiger charge is -2.11. The SMILES string of the molecule is COc1ccc(-n2nnc(C(=O)Nc3cc(OC)ccc3OC)c2C)cc1. The maximum absolute atomic E-state index is 12.7. The molecule has 0 saturated carbocycles. The maximum Gasteiger partial charge on any atom is 0.278 e. The zero-order chi connectivity index (χ0) is 19.4. The number of methoxy groups -OCH3 is 3. The van der Waals surface area contributed by atoms with Gasteiger partial charge in [0.25, 0.3) is 5.91 Å². The fraction of sp³-hybridized carbons (Fsp3) is 0.211. The van der Waals surface area contributed by atoms with Gasteiger partial charge < -0.3 is 19.5 Å². The molecule has 0 atom stereocenters. The highest BCUT2D eigenvalue weighted by molar-refractivity contribution is 6.04. The summed E-state index contributed by atoms with van der Waals surface area (Å²) < 4.78 is 17.2. The number of benzene rings is 2. The Bertz CT molecular complexity index is 951. The van der Waals surface area contributed by atoms with Crippen LogP contribution in [0.4, 0.5) is 5.69 Å². The molecule has 140 valence electrons. The molecule has 0 spiro atoms. The van der Waals surface area contributed by atoms with E-state index in [4.69, 9.17) is 14.2 Å². The molecule has 1 amide bonds. The van der Waals surface area contributed by atoms with E-state index < -0.39 is 0 Å². The lowest BCUT2D eigenvalue weighted by Crippen LogP contribution is -2.15. The zero-order valence-electron chi connectivity index (χ0n) is 15.5. The van der Waals surface area contributed by atoms with Crippen molar-refractivity contribution >= 4 is 11.6 Å². The number of hydrogen-bond donors (Lipinski definition) is 1. The third-order valence-corrected chi connectivity index (χ3v) is 4.08. The van der Waals surface area contributed by atoms with Crippen molar-refractivity contribution in [2.24, 2.45) is 0 Å². The molecular formula is C19H20N4O4. The molecule has 2 aromatic carbocycles. The highest BCUT2D eigenvalue weighted by Gasteiger charge is 2.19. The highest BCUT2D eigenvalue weighted by atomic mass is 16.5. The number of carbonyl (C=O) groups excluding carboxylic acids is 1. The molecule has 0 unspecified atom stereocenters. The fourth-order valence-corrected chi connectivity index (χ4v) is 2.60. The van der Waals surface area contributed by atoms with Gasteiger partial charge in [-0.2, -0.15) is 0 Å². The number of carbonyl (C=O) groups is 1. The number of ether oxygens (including phenoxy) is 3. The second kappa shape index (κ2) is 7.77. The number of rotatable bonds is 6. The number of nitrogens with zero attached hydrogens (tertiary/aromatic N) is 3. The first-order valence-corrected chi connectivity index (χ1v) is 8.17. The average Bonchev–Trinajstić information content (AvgIpc) is 3.09. The van der Waals surface area contributed by atoms with Gasteiger partial charge in [-0.25, -0.2) is 4.68 Å². The molecular weight excluding hydrogens is 348 g/mol. The molecule has 3 aromatic rings. The summed E-state index contributed by atoms with van der Waals surface area (Å²) in [7, 11) is 4.69. The van der Waals surface area contributed by atoms with E-state index in [0.29, 0.717) is 22.9 Å². The molecule has 27 heavy (non-hydrogen) atoms. The topological polar surface area (TPSA) is 87.5 Å². The quantitative estimate of drug-likeness (QED) is 0.720. The van der Waals surface area contributed by atoms with Crippen LogP contribution in [0.1, 0.15) is 16.2 Å². The first-order valence-electron chi connectivity index (χ1n) is 8.17. The summed E-state index contributed by atoms with van der Waals surface area (Å²) in [6.45, 7) is 1.78. The largest absolute Gasteiger partial charge is 0.497 e. The molecule has 0 saturated heterocycles. The average molecular weight is 368 g/mol. The fourth-order valence-electron chi connectivity index (χ4n) is 2.60. The minimum atomic E-state index is -0.390. The molecule has 8 heteroatoms. The number of anilines is 1. The van der Waals surface area contributed by atoms with Crippen molar-refractivity contribution in [3.05, 3.63) is 53.9 Å². The van der Waals surface area contributed by atoms with E-state index in [1.54, 1.807) is 44.0 Å². The third-order valence-electron chi connectivity index (χ3n) is 4.08. The Hall–Kier alpha value is -3.55. The van der Waals surface area contributed by atoms with Crippen molar-refractivity contribution in [1.82, 2.24) is 15.0 Å². The molecule has 0 aliphatic heterocycles. The second-order valence-electron chi connectivity index (χ2n) is 5.65. The summed E-state index contributed by atoms with van der Waals surface area (Å²) in [5.41, 5.74) is 2.09. The molecule has 0 fully saturated rings. The van der Waals surface area contributed by atoms with Crippen LogP contribution in [0.15, 0.2) is 42.5 Å². The maximum atomic E-state index is 12.7. The Balaban J connectivity index is 1.87. The van der Waals surface area contributed by atoms with Crippen LogP contribution in [0.2, 0.25) is 0 Å². The van der Waals surface area contributed by atoms with E-state index in [9.17, 15) is 4.79 Å². The van der Waals surface area contributed by atoms with Crippen LogP contribution in [-0.2, 0) is 0 Å². The molecule has 8 nitrogen and oxygen atoms in total. The van der Waals surface area contributed by atoms with E-state index in [0.717, 1.165) is 11.4 Å². The third kappa shape index (κ3) is 3.69. The van der Waals surface area contributed by atoms with Gasteiger partial charge in [0.2, 0.25) is 0 Å². The molecule has 1 aromatic heterocycles. The predicted octanol–water partition coefficient (Wildman–Crippen LogP) is 2.85. The Morgan fingerprint density at radius 3 is 2.26 bits per heavy atom. The predicted molar refractivity (Wildman–Crippen MR) is 100 cm³/mol. The summed E-state index contributed by atoms with van der Waals surface area (Å²) in [6.07, 6.45) is 0. The highest BCUT2D eigenvalue weighted by Crippen LogP contribution is 2.29. The van der Waals surface area contributed by atoms with Gasteiger partial charge >= 0.3 is 0 Å². The molecule has 1 N–H and O–H groups in total. The minimum absolute atomic E-state index is 0.218. The van der Waals surface area contributed by atoms with Gasteiger partial charge in [0.15, 0.2) is 5.69 Å². The van der Waals surface area contributed by atoms with Crippen LogP contribution in [0.5, 0.6) is 17.2 Å². The van der Waals surface area contributed by atoms with Crippen molar-refractivity contribution in [2.45, 2.75) is 6.92 Å². The van der Waals surface area contributed by atoms with Crippen molar-refractivity contribution in [3.8, 4) is 22.9 Å². The molecule has 0 aliphatic carbocycles. The molecule has 3 rings (SSSR count). The van der Waals surface area contributed by atoms with Crippen LogP contribution in [0.3, 0.4) is 0 Å². The summed E-state index contributed by atoms with van der Waals surface area (Å²) in [5, 5.41) is 10.9. The smallest absolute Gasteiger partial charge is 0.278 e. The van der Waals surface area contributed by atoms with Gasteiger partial charge in [0.05, 0.1) is 38.4 Å². The van der Waals surface area contributed by atoms with Gasteiger partial charge in [0.1, 0.15) is 17.2 Å². The molecule has 1 heterocycles. The van der Waals surface area contributed by atoms with Crippen LogP contribution in [-0.4, -0.2) is 42.2 Å². The van der Waals surface area contributed by atoms with Crippen molar-refractivity contribution in [3.63, 3.8) is 0 Å². The van der Waals surface area contributed by atoms with E-state index in [1.165, 1.54) is 7.11 Å². The van der Waals surface area contributed by atoms with Crippen LogP contribution < -0.4 is 19.5 Å². The van der Waals surface area contributed by atoms with Crippen molar-refractivity contribution < 1.29 is 19.0 Å². The Morgan fingerprint density at radius 2 is 1.63 bits per heavy atom. The number of nitrogens with one attached hydrogen (secondary N) is 1. The van der Waals surface area contributed by atoms with Crippen LogP contribution in [0, 0.1) is 6.92 Å². The van der Waals surface area contributed by atoms with Gasteiger partial charge in [0, 0.05) is 6.07 Å². The Labute approximate surface area is 156 Å². The Kier molecular flexibility index (Phi) is 5.25. The van der Waals surface area contributed by atoms with E-state index in [2.05, 4.69) is 15.6 Å². The van der Waals surface area contributed by atoms with Gasteiger partial charge in [-0.3, -0.25) is 4.79 Å². The number of hydrogen-bond acceptors (Lipinski definition) is 6. The van der Waals surface area contributed by atoms with Crippen LogP contribution in [0.25, 0.3) is 5.69 Å². The van der Waals surface area contributed by atoms with Gasteiger partial charge in [-0.15, -0.1) is 5.10 Å². The molecule has 0 bridgehead atoms. The first kappa shape index (κ1) is 18.2. The Morgan fingerprint density at radius 1 is 0.963 bits per heavy atom. The first-order chi connectivity index (χ1) is 13.1. The molecule has 0 radical (unpaired) electrons. The second-order valence-corrected chi connectivity index (χ2v) is 5.65. The molecule has 0 aliphatic rings. The standard InChI is InChI=1S/C19H20N4O4/c1-12-18(21-22-23(12)13-5-7-14(25-2)8-6-13)19(24)20-16-11-15(26-3)9-10-17(16)27-4/h5-11H,1-4H3,(H,20,24). The number of aromatic nitrogens is 3. The van der Waals surface area contributed by atoms with E-state index in [-0.39, 0.29) is 11.6 Å². The monoisotopic (exact) mass is 368 g/mol. The number of amides is 1. The minimum Gasteiger partial charge on any atom is -0.497 e. The van der Waals surface area contributed by atoms with E-state index >= 15 is 0 Å². The summed E-state index contributed by atoms with van der Waals surface area (Å²) in [4.78, 5) is 12.7. The lowest BCUT2D eigenvalue weighted by atomic mass is 10.2. The van der Waals surface area contributed by atoms with Gasteiger partial charge in [-0.05, 0) is 43.3 Å². The van der Waals surface area contributed by atoms with Crippen molar-refractivity contribution in [2.75, 3.05) is 26.6 Å². The summed E-state index contributed by atoms with van der Waals surface area (Å²) >= 11 is 0. The zero-order valence-corrected chi connectivity index (χ0v) is 15.5. The summed E-state index contributed by atoms with van der Waals surface area (Å²) in [5.74, 6) is 1.47.